The monoisotopic (exact) mass is 419 g/mol. The van der Waals surface area contributed by atoms with Crippen LogP contribution in [0.2, 0.25) is 0 Å². The highest BCUT2D eigenvalue weighted by molar-refractivity contribution is 9.11. The van der Waals surface area contributed by atoms with Crippen molar-refractivity contribution in [2.45, 2.75) is 13.2 Å². The van der Waals surface area contributed by atoms with Crippen molar-refractivity contribution >= 4 is 39.2 Å². The summed E-state index contributed by atoms with van der Waals surface area (Å²) in [6.45, 7) is -3.00. The first-order chi connectivity index (χ1) is 11.5. The number of hydrogen-bond donors (Lipinski definition) is 3. The number of benzene rings is 1. The Balaban J connectivity index is 1.82. The van der Waals surface area contributed by atoms with Gasteiger partial charge >= 0.3 is 12.6 Å². The average molecular weight is 420 g/mol. The van der Waals surface area contributed by atoms with Crippen molar-refractivity contribution in [3.8, 4) is 5.75 Å². The molecule has 0 saturated heterocycles. The Labute approximate surface area is 148 Å². The minimum atomic E-state index is -2.95. The molecule has 0 saturated carbocycles. The van der Waals surface area contributed by atoms with Crippen LogP contribution in [0.3, 0.4) is 0 Å². The Hall–Kier alpha value is -2.20. The van der Waals surface area contributed by atoms with Crippen molar-refractivity contribution < 1.29 is 23.1 Å². The van der Waals surface area contributed by atoms with Crippen molar-refractivity contribution in [1.82, 2.24) is 16.2 Å². The number of hydrazine groups is 1. The molecule has 0 aliphatic heterocycles. The molecule has 128 valence electrons. The van der Waals surface area contributed by atoms with Gasteiger partial charge in [-0.25, -0.2) is 10.2 Å². The molecule has 10 heteroatoms. The number of alkyl halides is 2. The molecule has 2 aromatic rings. The Morgan fingerprint density at radius 2 is 1.92 bits per heavy atom. The van der Waals surface area contributed by atoms with Crippen LogP contribution in [-0.4, -0.2) is 18.5 Å². The number of thiophene rings is 1. The number of rotatable bonds is 5. The largest absolute Gasteiger partial charge is 0.434 e. The third kappa shape index (κ3) is 5.46. The van der Waals surface area contributed by atoms with E-state index in [0.29, 0.717) is 10.4 Å². The number of nitrogens with one attached hydrogen (secondary N) is 3. The van der Waals surface area contributed by atoms with Crippen LogP contribution in [0.25, 0.3) is 0 Å². The fourth-order valence-corrected chi connectivity index (χ4v) is 2.97. The van der Waals surface area contributed by atoms with Crippen LogP contribution in [0.15, 0.2) is 40.2 Å². The molecular formula is C14H12BrF2N3O3S. The fourth-order valence-electron chi connectivity index (χ4n) is 1.69. The molecule has 0 atom stereocenters. The van der Waals surface area contributed by atoms with Crippen LogP contribution in [0.4, 0.5) is 13.6 Å². The summed E-state index contributed by atoms with van der Waals surface area (Å²) >= 11 is 4.44. The first kappa shape index (κ1) is 18.1. The molecule has 1 heterocycles. The molecule has 3 amide bonds. The van der Waals surface area contributed by atoms with Gasteiger partial charge in [0, 0.05) is 12.1 Å². The highest BCUT2D eigenvalue weighted by Gasteiger charge is 2.11. The van der Waals surface area contributed by atoms with Crippen molar-refractivity contribution in [2.75, 3.05) is 0 Å². The molecule has 3 N–H and O–H groups in total. The molecule has 1 aromatic heterocycles. The van der Waals surface area contributed by atoms with E-state index in [2.05, 4.69) is 36.8 Å². The molecule has 0 fully saturated rings. The highest BCUT2D eigenvalue weighted by atomic mass is 79.9. The number of ether oxygens (including phenoxy) is 1. The zero-order valence-corrected chi connectivity index (χ0v) is 14.4. The molecule has 6 nitrogen and oxygen atoms in total. The number of amides is 3. The van der Waals surface area contributed by atoms with Gasteiger partial charge in [0.15, 0.2) is 0 Å². The number of carbonyl (C=O) groups excluding carboxylic acids is 2. The average Bonchev–Trinajstić information content (AvgIpc) is 2.98. The summed E-state index contributed by atoms with van der Waals surface area (Å²) in [6, 6.07) is 8.70. The second-order valence-electron chi connectivity index (χ2n) is 4.35. The van der Waals surface area contributed by atoms with Gasteiger partial charge in [-0.2, -0.15) is 8.78 Å². The lowest BCUT2D eigenvalue weighted by Crippen LogP contribution is -2.46. The normalized spacial score (nSPS) is 10.3. The molecular weight excluding hydrogens is 408 g/mol. The Morgan fingerprint density at radius 1 is 1.17 bits per heavy atom. The third-order valence-electron chi connectivity index (χ3n) is 2.71. The second kappa shape index (κ2) is 8.60. The SMILES string of the molecule is O=C(NCc1ccccc1OC(F)F)NNC(=O)c1ccc(Br)s1. The Morgan fingerprint density at radius 3 is 2.58 bits per heavy atom. The van der Waals surface area contributed by atoms with Gasteiger partial charge in [0.2, 0.25) is 0 Å². The highest BCUT2D eigenvalue weighted by Crippen LogP contribution is 2.21. The third-order valence-corrected chi connectivity index (χ3v) is 4.34. The molecule has 0 radical (unpaired) electrons. The quantitative estimate of drug-likeness (QED) is 0.650. The van der Waals surface area contributed by atoms with Gasteiger partial charge in [0.1, 0.15) is 5.75 Å². The second-order valence-corrected chi connectivity index (χ2v) is 6.81. The van der Waals surface area contributed by atoms with Gasteiger partial charge in [-0.05, 0) is 34.1 Å². The number of urea groups is 1. The zero-order chi connectivity index (χ0) is 17.5. The maximum absolute atomic E-state index is 12.3. The van der Waals surface area contributed by atoms with Gasteiger partial charge < -0.3 is 10.1 Å². The summed E-state index contributed by atoms with van der Waals surface area (Å²) in [5, 5.41) is 2.43. The van der Waals surface area contributed by atoms with E-state index in [-0.39, 0.29) is 12.3 Å². The number of hydrogen-bond acceptors (Lipinski definition) is 4. The lowest BCUT2D eigenvalue weighted by molar-refractivity contribution is -0.0504. The lowest BCUT2D eigenvalue weighted by atomic mass is 10.2. The van der Waals surface area contributed by atoms with Gasteiger partial charge in [-0.3, -0.25) is 10.2 Å². The number of carbonyl (C=O) groups is 2. The van der Waals surface area contributed by atoms with Crippen LogP contribution < -0.4 is 20.9 Å². The molecule has 0 spiro atoms. The smallest absolute Gasteiger partial charge is 0.387 e. The van der Waals surface area contributed by atoms with E-state index >= 15 is 0 Å². The summed E-state index contributed by atoms with van der Waals surface area (Å²) in [7, 11) is 0. The standard InChI is InChI=1S/C14H12BrF2N3O3S/c15-11-6-5-10(24-11)12(21)19-20-14(22)18-7-8-3-1-2-4-9(8)23-13(16)17/h1-6,13H,7H2,(H,19,21)(H2,18,20,22). The van der Waals surface area contributed by atoms with Gasteiger partial charge in [0.25, 0.3) is 5.91 Å². The Bertz CT molecular complexity index is 727. The fraction of sp³-hybridized carbons (Fsp3) is 0.143. The van der Waals surface area contributed by atoms with Crippen LogP contribution in [0, 0.1) is 0 Å². The van der Waals surface area contributed by atoms with Crippen molar-refractivity contribution in [2.24, 2.45) is 0 Å². The van der Waals surface area contributed by atoms with Crippen LogP contribution >= 0.6 is 27.3 Å². The molecule has 1 aromatic carbocycles. The molecule has 24 heavy (non-hydrogen) atoms. The molecule has 0 unspecified atom stereocenters. The predicted molar refractivity (Wildman–Crippen MR) is 87.9 cm³/mol. The van der Waals surface area contributed by atoms with E-state index in [4.69, 9.17) is 0 Å². The van der Waals surface area contributed by atoms with Crippen molar-refractivity contribution in [3.63, 3.8) is 0 Å². The van der Waals surface area contributed by atoms with Crippen LogP contribution in [0.5, 0.6) is 5.75 Å². The zero-order valence-electron chi connectivity index (χ0n) is 12.0. The first-order valence-corrected chi connectivity index (χ1v) is 8.19. The van der Waals surface area contributed by atoms with Gasteiger partial charge in [-0.15, -0.1) is 11.3 Å². The van der Waals surface area contributed by atoms with E-state index in [9.17, 15) is 18.4 Å². The predicted octanol–water partition coefficient (Wildman–Crippen LogP) is 3.26. The van der Waals surface area contributed by atoms with E-state index < -0.39 is 18.5 Å². The summed E-state index contributed by atoms with van der Waals surface area (Å²) < 4.78 is 29.7. The van der Waals surface area contributed by atoms with Crippen LogP contribution in [0.1, 0.15) is 15.2 Å². The van der Waals surface area contributed by atoms with E-state index in [1.165, 1.54) is 17.4 Å². The molecule has 2 rings (SSSR count). The minimum absolute atomic E-state index is 0.0275. The minimum Gasteiger partial charge on any atom is -0.434 e. The summed E-state index contributed by atoms with van der Waals surface area (Å²) in [5.74, 6) is -0.498. The van der Waals surface area contributed by atoms with E-state index in [0.717, 1.165) is 3.79 Å². The summed E-state index contributed by atoms with van der Waals surface area (Å²) in [4.78, 5) is 23.8. The van der Waals surface area contributed by atoms with E-state index in [1.807, 2.05) is 0 Å². The lowest BCUT2D eigenvalue weighted by Gasteiger charge is -2.12. The molecule has 0 aliphatic carbocycles. The first-order valence-electron chi connectivity index (χ1n) is 6.58. The Kier molecular flexibility index (Phi) is 6.50. The van der Waals surface area contributed by atoms with Crippen LogP contribution in [-0.2, 0) is 6.54 Å². The molecule has 0 bridgehead atoms. The number of halogens is 3. The summed E-state index contributed by atoms with van der Waals surface area (Å²) in [5.41, 5.74) is 4.78. The number of para-hydroxylation sites is 1. The van der Waals surface area contributed by atoms with Gasteiger partial charge in [-0.1, -0.05) is 18.2 Å². The molecule has 0 aliphatic rings. The maximum atomic E-state index is 12.3. The van der Waals surface area contributed by atoms with Gasteiger partial charge in [0.05, 0.1) is 8.66 Å². The van der Waals surface area contributed by atoms with E-state index in [1.54, 1.807) is 30.3 Å². The topological polar surface area (TPSA) is 79.5 Å². The van der Waals surface area contributed by atoms with Crippen molar-refractivity contribution in [1.29, 1.82) is 0 Å². The maximum Gasteiger partial charge on any atom is 0.387 e. The summed E-state index contributed by atoms with van der Waals surface area (Å²) in [6.07, 6.45) is 0. The van der Waals surface area contributed by atoms with Crippen molar-refractivity contribution in [3.05, 3.63) is 50.6 Å².